The van der Waals surface area contributed by atoms with Gasteiger partial charge in [0, 0.05) is 5.56 Å². The molecule has 0 saturated heterocycles. The molecule has 0 radical (unpaired) electrons. The average Bonchev–Trinajstić information content (AvgIpc) is 2.35. The van der Waals surface area contributed by atoms with E-state index in [4.69, 9.17) is 0 Å². The monoisotopic (exact) mass is 186 g/mol. The smallest absolute Gasteiger partial charge is 0.122 e. The highest BCUT2D eigenvalue weighted by atomic mass is 16.3. The first-order valence-corrected chi connectivity index (χ1v) is 4.85. The van der Waals surface area contributed by atoms with Crippen LogP contribution in [0.3, 0.4) is 0 Å². The Morgan fingerprint density at radius 3 is 2.71 bits per heavy atom. The fraction of sp³-hybridized carbons (Fsp3) is 0.231. The number of phenols is 1. The minimum absolute atomic E-state index is 0.443. The van der Waals surface area contributed by atoms with E-state index in [9.17, 15) is 5.11 Å². The van der Waals surface area contributed by atoms with Crippen molar-refractivity contribution in [3.8, 4) is 5.75 Å². The van der Waals surface area contributed by atoms with Gasteiger partial charge in [-0.25, -0.2) is 0 Å². The van der Waals surface area contributed by atoms with Crippen molar-refractivity contribution in [1.82, 2.24) is 0 Å². The molecule has 0 aliphatic heterocycles. The summed E-state index contributed by atoms with van der Waals surface area (Å²) in [6, 6.07) is 4.02. The Kier molecular flexibility index (Phi) is 2.16. The molecule has 14 heavy (non-hydrogen) atoms. The lowest BCUT2D eigenvalue weighted by molar-refractivity contribution is 0.465. The average molecular weight is 186 g/mol. The molecular weight excluding hydrogens is 172 g/mol. The van der Waals surface area contributed by atoms with Crippen molar-refractivity contribution in [2.75, 3.05) is 0 Å². The third-order valence-electron chi connectivity index (χ3n) is 2.67. The lowest BCUT2D eigenvalue weighted by atomic mass is 10.0. The number of hydrogen-bond acceptors (Lipinski definition) is 1. The van der Waals surface area contributed by atoms with Crippen molar-refractivity contribution >= 4 is 6.08 Å². The van der Waals surface area contributed by atoms with E-state index in [1.54, 1.807) is 0 Å². The zero-order valence-corrected chi connectivity index (χ0v) is 8.54. The molecule has 72 valence electrons. The number of fused-ring (bicyclic) bond motifs is 1. The Balaban J connectivity index is 2.59. The van der Waals surface area contributed by atoms with Crippen LogP contribution in [0.1, 0.15) is 23.6 Å². The third kappa shape index (κ3) is 1.46. The lowest BCUT2D eigenvalue weighted by Gasteiger charge is -2.07. The highest BCUT2D eigenvalue weighted by Gasteiger charge is 2.09. The van der Waals surface area contributed by atoms with E-state index in [2.05, 4.69) is 31.2 Å². The topological polar surface area (TPSA) is 20.2 Å². The summed E-state index contributed by atoms with van der Waals surface area (Å²) >= 11 is 0. The zero-order valence-electron chi connectivity index (χ0n) is 8.54. The second kappa shape index (κ2) is 3.33. The number of allylic oxidation sites excluding steroid dienone is 3. The molecule has 1 nitrogen and oxygen atoms in total. The van der Waals surface area contributed by atoms with Gasteiger partial charge in [0.05, 0.1) is 0 Å². The molecule has 1 heteroatoms. The normalized spacial score (nSPS) is 14.6. The van der Waals surface area contributed by atoms with Gasteiger partial charge in [-0.2, -0.15) is 0 Å². The Morgan fingerprint density at radius 1 is 1.14 bits per heavy atom. The molecule has 1 aromatic rings. The molecule has 0 fully saturated rings. The van der Waals surface area contributed by atoms with Gasteiger partial charge in [-0.15, -0.1) is 0 Å². The van der Waals surface area contributed by atoms with Gasteiger partial charge in [0.2, 0.25) is 0 Å². The summed E-state index contributed by atoms with van der Waals surface area (Å²) < 4.78 is 0. The van der Waals surface area contributed by atoms with E-state index in [1.807, 2.05) is 13.0 Å². The summed E-state index contributed by atoms with van der Waals surface area (Å²) in [6.07, 6.45) is 7.11. The van der Waals surface area contributed by atoms with Crippen LogP contribution in [0.5, 0.6) is 5.75 Å². The van der Waals surface area contributed by atoms with Gasteiger partial charge in [0.1, 0.15) is 5.75 Å². The third-order valence-corrected chi connectivity index (χ3v) is 2.67. The number of phenolic OH excluding ortho intramolecular Hbond substituents is 1. The minimum Gasteiger partial charge on any atom is -0.507 e. The van der Waals surface area contributed by atoms with Crippen molar-refractivity contribution < 1.29 is 5.11 Å². The molecule has 1 aromatic carbocycles. The first kappa shape index (κ1) is 9.07. The maximum absolute atomic E-state index is 9.89. The molecule has 0 aromatic heterocycles. The fourth-order valence-electron chi connectivity index (χ4n) is 1.69. The first-order chi connectivity index (χ1) is 6.68. The predicted octanol–water partition coefficient (Wildman–Crippen LogP) is 3.22. The highest BCUT2D eigenvalue weighted by molar-refractivity contribution is 5.63. The second-order valence-corrected chi connectivity index (χ2v) is 3.78. The van der Waals surface area contributed by atoms with Crippen LogP contribution in [0.4, 0.5) is 0 Å². The summed E-state index contributed by atoms with van der Waals surface area (Å²) in [5.74, 6) is 0.443. The molecule has 1 aliphatic carbocycles. The van der Waals surface area contributed by atoms with Crippen LogP contribution in [0.2, 0.25) is 0 Å². The van der Waals surface area contributed by atoms with E-state index in [0.717, 1.165) is 23.1 Å². The van der Waals surface area contributed by atoms with Crippen molar-refractivity contribution in [2.24, 2.45) is 0 Å². The van der Waals surface area contributed by atoms with Gasteiger partial charge in [-0.1, -0.05) is 35.9 Å². The van der Waals surface area contributed by atoms with Gasteiger partial charge >= 0.3 is 0 Å². The van der Waals surface area contributed by atoms with Crippen LogP contribution in [0.15, 0.2) is 29.9 Å². The molecule has 0 unspecified atom stereocenters. The fourth-order valence-corrected chi connectivity index (χ4v) is 1.69. The van der Waals surface area contributed by atoms with E-state index in [1.165, 1.54) is 5.57 Å². The van der Waals surface area contributed by atoms with Crippen LogP contribution in [-0.2, 0) is 6.42 Å². The molecule has 0 bridgehead atoms. The summed E-state index contributed by atoms with van der Waals surface area (Å²) in [5, 5.41) is 9.89. The maximum atomic E-state index is 9.89. The lowest BCUT2D eigenvalue weighted by Crippen LogP contribution is -1.89. The van der Waals surface area contributed by atoms with Crippen LogP contribution in [0.25, 0.3) is 6.08 Å². The SMILES string of the molecule is CC1=CCc2c(ccc(C)c2O)C=C1. The largest absolute Gasteiger partial charge is 0.507 e. The van der Waals surface area contributed by atoms with Crippen molar-refractivity contribution in [3.63, 3.8) is 0 Å². The summed E-state index contributed by atoms with van der Waals surface area (Å²) in [6.45, 7) is 4.01. The Labute approximate surface area is 84.4 Å². The van der Waals surface area contributed by atoms with Crippen LogP contribution in [0, 0.1) is 6.92 Å². The van der Waals surface area contributed by atoms with Gasteiger partial charge < -0.3 is 5.11 Å². The van der Waals surface area contributed by atoms with Crippen molar-refractivity contribution in [1.29, 1.82) is 0 Å². The predicted molar refractivity (Wildman–Crippen MR) is 59.3 cm³/mol. The van der Waals surface area contributed by atoms with Gasteiger partial charge in [-0.05, 0) is 31.4 Å². The first-order valence-electron chi connectivity index (χ1n) is 4.85. The Morgan fingerprint density at radius 2 is 1.93 bits per heavy atom. The maximum Gasteiger partial charge on any atom is 0.122 e. The second-order valence-electron chi connectivity index (χ2n) is 3.78. The number of aryl methyl sites for hydroxylation is 1. The van der Waals surface area contributed by atoms with Crippen LogP contribution < -0.4 is 0 Å². The molecule has 0 heterocycles. The minimum atomic E-state index is 0.443. The Hall–Kier alpha value is -1.50. The standard InChI is InChI=1S/C13H14O/c1-9-3-6-11-7-5-10(2)13(14)12(11)8-4-9/h3-7,14H,8H2,1-2H3. The highest BCUT2D eigenvalue weighted by Crippen LogP contribution is 2.29. The Bertz CT molecular complexity index is 425. The van der Waals surface area contributed by atoms with Crippen LogP contribution >= 0.6 is 0 Å². The van der Waals surface area contributed by atoms with E-state index < -0.39 is 0 Å². The number of rotatable bonds is 0. The summed E-state index contributed by atoms with van der Waals surface area (Å²) in [4.78, 5) is 0. The van der Waals surface area contributed by atoms with Crippen molar-refractivity contribution in [2.45, 2.75) is 20.3 Å². The van der Waals surface area contributed by atoms with Gasteiger partial charge in [-0.3, -0.25) is 0 Å². The van der Waals surface area contributed by atoms with E-state index in [-0.39, 0.29) is 0 Å². The summed E-state index contributed by atoms with van der Waals surface area (Å²) in [7, 11) is 0. The molecule has 0 atom stereocenters. The summed E-state index contributed by atoms with van der Waals surface area (Å²) in [5.41, 5.74) is 4.36. The van der Waals surface area contributed by atoms with Gasteiger partial charge in [0.25, 0.3) is 0 Å². The number of hydrogen-bond donors (Lipinski definition) is 1. The molecule has 0 spiro atoms. The van der Waals surface area contributed by atoms with E-state index in [0.29, 0.717) is 5.75 Å². The van der Waals surface area contributed by atoms with Crippen LogP contribution in [-0.4, -0.2) is 5.11 Å². The molecule has 1 N–H and O–H groups in total. The molecule has 0 saturated carbocycles. The molecule has 2 rings (SSSR count). The number of aromatic hydroxyl groups is 1. The van der Waals surface area contributed by atoms with Crippen molar-refractivity contribution in [3.05, 3.63) is 46.5 Å². The molecule has 1 aliphatic rings. The van der Waals surface area contributed by atoms with E-state index >= 15 is 0 Å². The zero-order chi connectivity index (χ0) is 10.1. The quantitative estimate of drug-likeness (QED) is 0.659. The van der Waals surface area contributed by atoms with Gasteiger partial charge in [0.15, 0.2) is 0 Å². The number of benzene rings is 1. The molecule has 0 amide bonds. The molecular formula is C13H14O.